The monoisotopic (exact) mass is 642 g/mol. The van der Waals surface area contributed by atoms with Crippen LogP contribution in [0.1, 0.15) is 57.8 Å². The zero-order chi connectivity index (χ0) is 31.6. The zero-order valence-electron chi connectivity index (χ0n) is 19.2. The summed E-state index contributed by atoms with van der Waals surface area (Å²) in [4.78, 5) is 0. The fourth-order valence-electron chi connectivity index (χ4n) is 3.07. The van der Waals surface area contributed by atoms with Gasteiger partial charge in [0, 0.05) is 6.42 Å². The van der Waals surface area contributed by atoms with Crippen LogP contribution in [0.5, 0.6) is 0 Å². The Morgan fingerprint density at radius 2 is 0.564 bits per heavy atom. The molecule has 0 aliphatic carbocycles. The van der Waals surface area contributed by atoms with E-state index in [1.54, 1.807) is 0 Å². The van der Waals surface area contributed by atoms with Gasteiger partial charge < -0.3 is 0 Å². The molecule has 0 radical (unpaired) electrons. The van der Waals surface area contributed by atoms with Crippen molar-refractivity contribution in [2.75, 3.05) is 5.75 Å². The zero-order valence-corrected chi connectivity index (χ0v) is 20.1. The minimum Gasteiger partial charge on any atom is -0.200 e. The number of unbranched alkanes of at least 4 members (excludes halogenated alkanes) is 7. The summed E-state index contributed by atoms with van der Waals surface area (Å²) in [6.45, 7) is 0. The minimum absolute atomic E-state index is 0.0157. The summed E-state index contributed by atoms with van der Waals surface area (Å²) in [6, 6.07) is 0. The molecule has 0 aromatic heterocycles. The average Bonchev–Trinajstić information content (AvgIpc) is 2.76. The lowest BCUT2D eigenvalue weighted by Gasteiger charge is -2.43. The topological polar surface area (TPSA) is 0 Å². The third-order valence-electron chi connectivity index (χ3n) is 5.58. The fraction of sp³-hybridized carbons (Fsp3) is 1.00. The third kappa shape index (κ3) is 6.59. The molecule has 0 aliphatic rings. The Kier molecular flexibility index (Phi) is 11.8. The molecule has 0 saturated carbocycles. The first-order chi connectivity index (χ1) is 17.1. The Bertz CT molecular complexity index is 771. The Morgan fingerprint density at radius 1 is 0.308 bits per heavy atom. The first kappa shape index (κ1) is 38.0. The van der Waals surface area contributed by atoms with Crippen LogP contribution in [-0.2, 0) is 0 Å². The molecule has 0 rings (SSSR count). The van der Waals surface area contributed by atoms with Crippen LogP contribution in [0.25, 0.3) is 0 Å². The number of halogens is 19. The number of rotatable bonds is 17. The van der Waals surface area contributed by atoms with Crippen molar-refractivity contribution in [3.63, 3.8) is 0 Å². The second-order valence-corrected chi connectivity index (χ2v) is 8.97. The lowest BCUT2D eigenvalue weighted by molar-refractivity contribution is -0.468. The smallest absolute Gasteiger partial charge is 0.200 e. The Labute approximate surface area is 214 Å². The van der Waals surface area contributed by atoms with E-state index in [2.05, 4.69) is 12.6 Å². The molecule has 0 amide bonds. The van der Waals surface area contributed by atoms with Crippen LogP contribution in [0.3, 0.4) is 0 Å². The van der Waals surface area contributed by atoms with Crippen molar-refractivity contribution in [1.82, 2.24) is 0 Å². The summed E-state index contributed by atoms with van der Waals surface area (Å²) in [5, 5.41) is 0. The highest BCUT2D eigenvalue weighted by Gasteiger charge is 2.96. The van der Waals surface area contributed by atoms with Gasteiger partial charge in [-0.2, -0.15) is 96.0 Å². The summed E-state index contributed by atoms with van der Waals surface area (Å²) in [5.41, 5.74) is 0. The van der Waals surface area contributed by atoms with Crippen molar-refractivity contribution in [3.8, 4) is 0 Å². The second-order valence-electron chi connectivity index (χ2n) is 8.52. The van der Waals surface area contributed by atoms with E-state index in [1.165, 1.54) is 0 Å². The Morgan fingerprint density at radius 3 is 0.872 bits per heavy atom. The molecule has 0 aliphatic heterocycles. The summed E-state index contributed by atoms with van der Waals surface area (Å²) < 4.78 is 252. The van der Waals surface area contributed by atoms with Crippen LogP contribution < -0.4 is 0 Å². The van der Waals surface area contributed by atoms with Crippen molar-refractivity contribution in [3.05, 3.63) is 0 Å². The highest BCUT2D eigenvalue weighted by atomic mass is 32.1. The number of alkyl halides is 19. The van der Waals surface area contributed by atoms with Crippen LogP contribution >= 0.6 is 12.6 Å². The maximum absolute atomic E-state index is 13.8. The van der Waals surface area contributed by atoms with Crippen LogP contribution in [-0.4, -0.2) is 59.3 Å². The molecule has 0 saturated heterocycles. The molecule has 0 aromatic carbocycles. The number of hydrogen-bond acceptors (Lipinski definition) is 1. The molecule has 0 heterocycles. The summed E-state index contributed by atoms with van der Waals surface area (Å²) >= 11 is 3.93. The van der Waals surface area contributed by atoms with E-state index in [-0.39, 0.29) is 6.42 Å². The van der Waals surface area contributed by atoms with E-state index in [9.17, 15) is 83.4 Å². The van der Waals surface area contributed by atoms with Gasteiger partial charge in [-0.3, -0.25) is 0 Å². The quantitative estimate of drug-likeness (QED) is 0.0912. The molecule has 0 atom stereocenters. The van der Waals surface area contributed by atoms with Crippen molar-refractivity contribution >= 4 is 12.6 Å². The summed E-state index contributed by atoms with van der Waals surface area (Å²) in [6.07, 6.45) is -8.95. The van der Waals surface area contributed by atoms with E-state index in [1.807, 2.05) is 0 Å². The highest BCUT2D eigenvalue weighted by Crippen LogP contribution is 2.65. The number of hydrogen-bond donors (Lipinski definition) is 1. The maximum Gasteiger partial charge on any atom is 0.460 e. The minimum atomic E-state index is -8.87. The molecule has 0 aromatic rings. The predicted molar refractivity (Wildman–Crippen MR) is 101 cm³/mol. The van der Waals surface area contributed by atoms with Gasteiger partial charge in [0.2, 0.25) is 0 Å². The van der Waals surface area contributed by atoms with Gasteiger partial charge >= 0.3 is 53.6 Å². The Balaban J connectivity index is 5.97. The average molecular weight is 642 g/mol. The molecule has 39 heavy (non-hydrogen) atoms. The largest absolute Gasteiger partial charge is 0.460 e. The van der Waals surface area contributed by atoms with Crippen molar-refractivity contribution in [1.29, 1.82) is 0 Å². The molecule has 0 unspecified atom stereocenters. The highest BCUT2D eigenvalue weighted by molar-refractivity contribution is 7.80. The maximum atomic E-state index is 13.8. The second kappa shape index (κ2) is 12.1. The van der Waals surface area contributed by atoms with E-state index in [4.69, 9.17) is 0 Å². The lowest BCUT2D eigenvalue weighted by atomic mass is 9.86. The number of thiol groups is 1. The molecule has 0 bridgehead atoms. The van der Waals surface area contributed by atoms with E-state index in [0.29, 0.717) is 25.0 Å². The standard InChI is InChI=1S/C19H21F19S/c20-11(21,9-7-5-3-1-2-4-6-8-10-39)12(22,23)13(24,25)14(26,27)15(28,29)16(30,31)17(32,33)18(34,35)19(36,37)38/h39H,1-10H2. The molecular weight excluding hydrogens is 621 g/mol. The van der Waals surface area contributed by atoms with Gasteiger partial charge in [0.1, 0.15) is 0 Å². The summed E-state index contributed by atoms with van der Waals surface area (Å²) in [5.74, 6) is -65.3. The van der Waals surface area contributed by atoms with Gasteiger partial charge in [-0.25, -0.2) is 0 Å². The van der Waals surface area contributed by atoms with Gasteiger partial charge in [0.05, 0.1) is 0 Å². The molecule has 20 heteroatoms. The molecule has 0 nitrogen and oxygen atoms in total. The van der Waals surface area contributed by atoms with Gasteiger partial charge in [-0.05, 0) is 18.6 Å². The van der Waals surface area contributed by atoms with E-state index >= 15 is 0 Å². The Hall–Kier alpha value is -0.980. The van der Waals surface area contributed by atoms with Gasteiger partial charge in [0.25, 0.3) is 0 Å². The van der Waals surface area contributed by atoms with E-state index in [0.717, 1.165) is 12.8 Å². The molecule has 0 spiro atoms. The molecular formula is C19H21F19S. The van der Waals surface area contributed by atoms with Crippen molar-refractivity contribution < 1.29 is 83.4 Å². The van der Waals surface area contributed by atoms with Crippen LogP contribution in [0.15, 0.2) is 0 Å². The first-order valence-electron chi connectivity index (χ1n) is 10.8. The lowest BCUT2D eigenvalue weighted by Crippen LogP contribution is -2.75. The predicted octanol–water partition coefficient (Wildman–Crippen LogP) is 10.1. The molecule has 0 N–H and O–H groups in total. The fourth-order valence-corrected chi connectivity index (χ4v) is 3.29. The molecule has 0 fully saturated rings. The van der Waals surface area contributed by atoms with Gasteiger partial charge in [-0.1, -0.05) is 38.5 Å². The third-order valence-corrected chi connectivity index (χ3v) is 5.90. The molecule has 236 valence electrons. The van der Waals surface area contributed by atoms with Crippen molar-refractivity contribution in [2.24, 2.45) is 0 Å². The van der Waals surface area contributed by atoms with Crippen LogP contribution in [0.2, 0.25) is 0 Å². The summed E-state index contributed by atoms with van der Waals surface area (Å²) in [7, 11) is 0. The van der Waals surface area contributed by atoms with Gasteiger partial charge in [0.15, 0.2) is 0 Å². The SMILES string of the molecule is FC(F)(F)C(F)(F)C(F)(F)C(F)(F)C(F)(F)C(F)(F)C(F)(F)C(F)(F)C(F)(F)CCCCCCCCCCS. The van der Waals surface area contributed by atoms with E-state index < -0.39 is 72.8 Å². The first-order valence-corrected chi connectivity index (χ1v) is 11.4. The van der Waals surface area contributed by atoms with Crippen molar-refractivity contribution in [2.45, 2.75) is 111 Å². The van der Waals surface area contributed by atoms with Crippen LogP contribution in [0, 0.1) is 0 Å². The van der Waals surface area contributed by atoms with Gasteiger partial charge in [-0.15, -0.1) is 0 Å². The normalized spacial score (nSPS) is 15.7. The van der Waals surface area contributed by atoms with Crippen LogP contribution in [0.4, 0.5) is 83.4 Å².